The SMILES string of the molecule is CNC(=O)C1CCCCCC(Cc2ccccc2)OC(=O)N[C@@H](CC(C)C)C(=O)N[C@H](C(=O)C(=O)NC(C)C)C1. The number of nitrogens with one attached hydrogen (secondary N) is 4. The number of ketones is 1. The summed E-state index contributed by atoms with van der Waals surface area (Å²) in [6, 6.07) is 7.26. The third-order valence-corrected chi connectivity index (χ3v) is 6.89. The molecule has 1 aromatic carbocycles. The van der Waals surface area contributed by atoms with Crippen molar-refractivity contribution in [2.24, 2.45) is 11.8 Å². The molecule has 0 spiro atoms. The van der Waals surface area contributed by atoms with Gasteiger partial charge in [0.05, 0.1) is 6.04 Å². The number of hydrogen-bond acceptors (Lipinski definition) is 6. The second kappa shape index (κ2) is 16.6. The number of carbonyl (C=O) groups excluding carboxylic acids is 5. The van der Waals surface area contributed by atoms with E-state index in [1.54, 1.807) is 13.8 Å². The van der Waals surface area contributed by atoms with Gasteiger partial charge < -0.3 is 26.0 Å². The molecule has 10 nitrogen and oxygen atoms in total. The quantitative estimate of drug-likeness (QED) is 0.361. The van der Waals surface area contributed by atoms with E-state index in [0.717, 1.165) is 18.4 Å². The van der Waals surface area contributed by atoms with Crippen LogP contribution in [0.15, 0.2) is 30.3 Å². The molecule has 0 aromatic heterocycles. The van der Waals surface area contributed by atoms with Crippen molar-refractivity contribution in [1.82, 2.24) is 21.3 Å². The zero-order valence-corrected chi connectivity index (χ0v) is 24.5. The van der Waals surface area contributed by atoms with Crippen LogP contribution in [0.4, 0.5) is 4.79 Å². The van der Waals surface area contributed by atoms with Crippen LogP contribution in [0.2, 0.25) is 0 Å². The van der Waals surface area contributed by atoms with Crippen LogP contribution in [0, 0.1) is 11.8 Å². The summed E-state index contributed by atoms with van der Waals surface area (Å²) in [5.74, 6) is -3.05. The highest BCUT2D eigenvalue weighted by molar-refractivity contribution is 6.38. The summed E-state index contributed by atoms with van der Waals surface area (Å²) >= 11 is 0. The Labute approximate surface area is 237 Å². The fraction of sp³-hybridized carbons (Fsp3) is 0.633. The normalized spacial score (nSPS) is 23.2. The summed E-state index contributed by atoms with van der Waals surface area (Å²) in [5.41, 5.74) is 1.04. The number of amides is 4. The lowest BCUT2D eigenvalue weighted by Crippen LogP contribution is -2.55. The number of carbonyl (C=O) groups is 5. The summed E-state index contributed by atoms with van der Waals surface area (Å²) in [5, 5.41) is 10.6. The summed E-state index contributed by atoms with van der Waals surface area (Å²) < 4.78 is 5.80. The van der Waals surface area contributed by atoms with Gasteiger partial charge in [-0.15, -0.1) is 0 Å². The van der Waals surface area contributed by atoms with Crippen molar-refractivity contribution in [1.29, 1.82) is 0 Å². The molecule has 1 fully saturated rings. The summed E-state index contributed by atoms with van der Waals surface area (Å²) in [4.78, 5) is 65.0. The molecule has 40 heavy (non-hydrogen) atoms. The summed E-state index contributed by atoms with van der Waals surface area (Å²) in [6.45, 7) is 7.28. The Bertz CT molecular complexity index is 997. The van der Waals surface area contributed by atoms with Crippen molar-refractivity contribution in [3.05, 3.63) is 35.9 Å². The molecule has 2 rings (SSSR count). The molecule has 4 atom stereocenters. The number of hydrogen-bond donors (Lipinski definition) is 4. The molecular formula is C30H46N4O6. The molecule has 4 N–H and O–H groups in total. The summed E-state index contributed by atoms with van der Waals surface area (Å²) in [6.07, 6.45) is 3.10. The Morgan fingerprint density at radius 1 is 0.975 bits per heavy atom. The van der Waals surface area contributed by atoms with E-state index in [2.05, 4.69) is 21.3 Å². The minimum atomic E-state index is -1.23. The molecule has 2 unspecified atom stereocenters. The minimum absolute atomic E-state index is 0.0226. The molecule has 1 heterocycles. The first-order valence-corrected chi connectivity index (χ1v) is 14.4. The van der Waals surface area contributed by atoms with Gasteiger partial charge >= 0.3 is 6.09 Å². The fourth-order valence-corrected chi connectivity index (χ4v) is 4.89. The standard InChI is InChI=1S/C30H46N4O6/c1-19(2)16-25-28(37)33-24(26(35)29(38)32-20(3)4)18-22(27(36)31-5)14-10-7-11-15-23(40-30(39)34-25)17-21-12-8-6-9-13-21/h6,8-9,12-13,19-20,22-25H,7,10-11,14-18H2,1-5H3,(H,31,36)(H,32,38)(H,33,37)(H,34,39)/t22?,23?,24-,25-/m0/s1. The molecule has 1 saturated heterocycles. The van der Waals surface area contributed by atoms with Crippen molar-refractivity contribution in [2.45, 2.75) is 103 Å². The van der Waals surface area contributed by atoms with Crippen LogP contribution in [0.25, 0.3) is 0 Å². The second-order valence-electron chi connectivity index (χ2n) is 11.3. The third kappa shape index (κ3) is 11.4. The number of ether oxygens (including phenoxy) is 1. The van der Waals surface area contributed by atoms with E-state index in [4.69, 9.17) is 4.74 Å². The van der Waals surface area contributed by atoms with Gasteiger partial charge in [-0.2, -0.15) is 0 Å². The van der Waals surface area contributed by atoms with Crippen LogP contribution in [0.5, 0.6) is 0 Å². The maximum atomic E-state index is 13.4. The molecule has 0 aliphatic carbocycles. The Morgan fingerprint density at radius 3 is 2.27 bits per heavy atom. The van der Waals surface area contributed by atoms with Gasteiger partial charge in [0.25, 0.3) is 5.91 Å². The van der Waals surface area contributed by atoms with Gasteiger partial charge in [0.2, 0.25) is 17.6 Å². The van der Waals surface area contributed by atoms with E-state index in [-0.39, 0.29) is 30.4 Å². The van der Waals surface area contributed by atoms with Gasteiger partial charge in [-0.3, -0.25) is 19.2 Å². The predicted octanol–water partition coefficient (Wildman–Crippen LogP) is 3.03. The largest absolute Gasteiger partial charge is 0.446 e. The lowest BCUT2D eigenvalue weighted by Gasteiger charge is -2.26. The first-order chi connectivity index (χ1) is 19.0. The Kier molecular flexibility index (Phi) is 13.6. The summed E-state index contributed by atoms with van der Waals surface area (Å²) in [7, 11) is 1.53. The highest BCUT2D eigenvalue weighted by Crippen LogP contribution is 2.20. The number of cyclic esters (lactones) is 1. The van der Waals surface area contributed by atoms with Gasteiger partial charge in [0.1, 0.15) is 12.1 Å². The Balaban J connectivity index is 2.35. The van der Waals surface area contributed by atoms with Crippen molar-refractivity contribution >= 4 is 29.6 Å². The molecule has 1 aromatic rings. The van der Waals surface area contributed by atoms with E-state index < -0.39 is 41.7 Å². The maximum absolute atomic E-state index is 13.4. The van der Waals surface area contributed by atoms with Crippen molar-refractivity contribution in [2.75, 3.05) is 7.05 Å². The highest BCUT2D eigenvalue weighted by Gasteiger charge is 2.34. The number of alkyl carbamates (subject to hydrolysis) is 1. The molecule has 1 aliphatic heterocycles. The number of rotatable bonds is 8. The molecule has 0 radical (unpaired) electrons. The smallest absolute Gasteiger partial charge is 0.408 e. The molecule has 10 heteroatoms. The lowest BCUT2D eigenvalue weighted by molar-refractivity contribution is -0.141. The molecule has 1 aliphatic rings. The van der Waals surface area contributed by atoms with Gasteiger partial charge in [0.15, 0.2) is 0 Å². The second-order valence-corrected chi connectivity index (χ2v) is 11.3. The monoisotopic (exact) mass is 558 g/mol. The first-order valence-electron chi connectivity index (χ1n) is 14.4. The molecule has 0 bridgehead atoms. The third-order valence-electron chi connectivity index (χ3n) is 6.89. The Morgan fingerprint density at radius 2 is 1.65 bits per heavy atom. The van der Waals surface area contributed by atoms with Gasteiger partial charge in [-0.25, -0.2) is 4.79 Å². The van der Waals surface area contributed by atoms with Crippen molar-refractivity contribution in [3.8, 4) is 0 Å². The fourth-order valence-electron chi connectivity index (χ4n) is 4.89. The molecule has 0 saturated carbocycles. The van der Waals surface area contributed by atoms with Crippen LogP contribution in [-0.4, -0.2) is 60.9 Å². The highest BCUT2D eigenvalue weighted by atomic mass is 16.6. The van der Waals surface area contributed by atoms with Crippen LogP contribution >= 0.6 is 0 Å². The number of benzene rings is 1. The van der Waals surface area contributed by atoms with Gasteiger partial charge in [-0.1, -0.05) is 57.0 Å². The van der Waals surface area contributed by atoms with E-state index in [1.807, 2.05) is 44.2 Å². The molecular weight excluding hydrogens is 512 g/mol. The van der Waals surface area contributed by atoms with Crippen LogP contribution in [-0.2, 0) is 30.3 Å². The lowest BCUT2D eigenvalue weighted by atomic mass is 9.90. The van der Waals surface area contributed by atoms with E-state index in [9.17, 15) is 24.0 Å². The Hall–Kier alpha value is -3.43. The van der Waals surface area contributed by atoms with Crippen LogP contribution in [0.3, 0.4) is 0 Å². The van der Waals surface area contributed by atoms with Crippen LogP contribution in [0.1, 0.15) is 78.2 Å². The van der Waals surface area contributed by atoms with Gasteiger partial charge in [0, 0.05) is 25.4 Å². The van der Waals surface area contributed by atoms with Crippen LogP contribution < -0.4 is 21.3 Å². The van der Waals surface area contributed by atoms with E-state index in [0.29, 0.717) is 32.1 Å². The van der Waals surface area contributed by atoms with Gasteiger partial charge in [-0.05, 0) is 57.4 Å². The predicted molar refractivity (Wildman–Crippen MR) is 152 cm³/mol. The number of Topliss-reactive ketones (excluding diaryl/α,β-unsaturated/α-hetero) is 1. The minimum Gasteiger partial charge on any atom is -0.446 e. The molecule has 222 valence electrons. The van der Waals surface area contributed by atoms with E-state index in [1.165, 1.54) is 7.05 Å². The topological polar surface area (TPSA) is 143 Å². The van der Waals surface area contributed by atoms with E-state index >= 15 is 0 Å². The van der Waals surface area contributed by atoms with Crippen molar-refractivity contribution in [3.63, 3.8) is 0 Å². The van der Waals surface area contributed by atoms with Crippen molar-refractivity contribution < 1.29 is 28.7 Å². The molecule has 4 amide bonds. The first kappa shape index (κ1) is 32.8. The zero-order valence-electron chi connectivity index (χ0n) is 24.5. The average Bonchev–Trinajstić information content (AvgIpc) is 2.89. The average molecular weight is 559 g/mol. The maximum Gasteiger partial charge on any atom is 0.408 e. The zero-order chi connectivity index (χ0) is 29.7.